The van der Waals surface area contributed by atoms with Gasteiger partial charge in [0.2, 0.25) is 5.69 Å². The highest BCUT2D eigenvalue weighted by molar-refractivity contribution is 7.86. The summed E-state index contributed by atoms with van der Waals surface area (Å²) in [4.78, 5) is 26.6. The molecule has 5 aromatic carbocycles. The Kier molecular flexibility index (Phi) is 16.1. The standard InChI is InChI=1S/C59H67N3O9S2/c1-58(2)51(61(37-12-14-39-72(66,67)68)49-32-28-41-17-7-9-21-47(41)55(49)58)34-30-43-19-16-20-44(54(43)45-24-26-46(27-25-45)57(65)60-36-11-5-6-23-53(63)64)31-35-52-59(3,4)56-48-22-10-8-18-42(48)29-33-50(56)62(52)38-13-15-40-73(69,70)71/h7-10,17-18,21-22,24-35H,5-6,11-16,19-20,23,36-40H2,1-4H3,(H3-,60,63,64,65,66,67,68,69,70,71)/p+1. The second kappa shape index (κ2) is 22.1. The van der Waals surface area contributed by atoms with E-state index in [1.54, 1.807) is 0 Å². The highest BCUT2D eigenvalue weighted by Crippen LogP contribution is 2.51. The third kappa shape index (κ3) is 12.1. The van der Waals surface area contributed by atoms with Crippen molar-refractivity contribution in [2.75, 3.05) is 36.0 Å². The Labute approximate surface area is 430 Å². The van der Waals surface area contributed by atoms with Crippen LogP contribution >= 0.6 is 0 Å². The molecule has 1 aliphatic carbocycles. The molecule has 384 valence electrons. The summed E-state index contributed by atoms with van der Waals surface area (Å²) in [6.07, 6.45) is 15.2. The molecule has 14 heteroatoms. The maximum absolute atomic E-state index is 13.4. The van der Waals surface area contributed by atoms with E-state index in [2.05, 4.69) is 127 Å². The first-order valence-electron chi connectivity index (χ1n) is 25.6. The topological polar surface area (TPSA) is 181 Å². The molecule has 0 aromatic heterocycles. The van der Waals surface area contributed by atoms with Gasteiger partial charge in [0.05, 0.1) is 16.9 Å². The van der Waals surface area contributed by atoms with Crippen LogP contribution in [0.25, 0.3) is 27.1 Å². The van der Waals surface area contributed by atoms with E-state index < -0.39 is 37.0 Å². The van der Waals surface area contributed by atoms with Gasteiger partial charge in [-0.3, -0.25) is 18.7 Å². The average Bonchev–Trinajstić information content (AvgIpc) is 3.71. The number of aliphatic carboxylic acids is 1. The molecule has 2 heterocycles. The van der Waals surface area contributed by atoms with Crippen LogP contribution in [0.1, 0.15) is 125 Å². The molecule has 12 nitrogen and oxygen atoms in total. The highest BCUT2D eigenvalue weighted by Gasteiger charge is 2.46. The van der Waals surface area contributed by atoms with E-state index >= 15 is 0 Å². The Morgan fingerprint density at radius 2 is 1.33 bits per heavy atom. The van der Waals surface area contributed by atoms with Gasteiger partial charge < -0.3 is 15.3 Å². The fraction of sp³-hybridized carbons (Fsp3) is 0.373. The molecule has 1 amide bonds. The lowest BCUT2D eigenvalue weighted by Gasteiger charge is -2.28. The third-order valence-corrected chi connectivity index (χ3v) is 16.4. The van der Waals surface area contributed by atoms with Crippen molar-refractivity contribution in [1.82, 2.24) is 5.32 Å². The highest BCUT2D eigenvalue weighted by atomic mass is 32.2. The molecule has 0 saturated heterocycles. The van der Waals surface area contributed by atoms with Crippen molar-refractivity contribution >= 4 is 76.3 Å². The van der Waals surface area contributed by atoms with Crippen molar-refractivity contribution in [3.05, 3.63) is 160 Å². The van der Waals surface area contributed by atoms with Crippen LogP contribution in [-0.4, -0.2) is 84.4 Å². The molecule has 0 radical (unpaired) electrons. The lowest BCUT2D eigenvalue weighted by molar-refractivity contribution is -0.438. The largest absolute Gasteiger partial charge is 0.481 e. The quantitative estimate of drug-likeness (QED) is 0.0314. The number of unbranched alkanes of at least 4 members (excludes halogenated alkanes) is 4. The molecular formula is C59H68N3O9S2+. The zero-order chi connectivity index (χ0) is 52.1. The summed E-state index contributed by atoms with van der Waals surface area (Å²) in [5.74, 6) is -1.63. The molecule has 2 aliphatic heterocycles. The number of hydrogen-bond donors (Lipinski definition) is 4. The number of amides is 1. The zero-order valence-corrected chi connectivity index (χ0v) is 44.0. The van der Waals surface area contributed by atoms with Gasteiger partial charge in [-0.25, -0.2) is 0 Å². The number of carbonyl (C=O) groups excluding carboxylic acids is 1. The second-order valence-electron chi connectivity index (χ2n) is 20.7. The van der Waals surface area contributed by atoms with Crippen LogP contribution in [0.4, 0.5) is 11.4 Å². The Morgan fingerprint density at radius 1 is 0.685 bits per heavy atom. The summed E-state index contributed by atoms with van der Waals surface area (Å²) in [6, 6.07) is 33.1. The van der Waals surface area contributed by atoms with Gasteiger partial charge in [0.25, 0.3) is 26.1 Å². The number of nitrogens with zero attached hydrogens (tertiary/aromatic N) is 2. The number of hydrogen-bond acceptors (Lipinski definition) is 7. The van der Waals surface area contributed by atoms with Crippen LogP contribution in [0.5, 0.6) is 0 Å². The number of nitrogens with one attached hydrogen (secondary N) is 1. The van der Waals surface area contributed by atoms with E-state index in [-0.39, 0.29) is 23.8 Å². The molecule has 0 unspecified atom stereocenters. The summed E-state index contributed by atoms with van der Waals surface area (Å²) in [6.45, 7) is 10.5. The van der Waals surface area contributed by atoms with Crippen molar-refractivity contribution in [2.24, 2.45) is 0 Å². The Morgan fingerprint density at radius 3 is 2.00 bits per heavy atom. The predicted molar refractivity (Wildman–Crippen MR) is 293 cm³/mol. The Hall–Kier alpha value is -6.19. The number of anilines is 1. The smallest absolute Gasteiger partial charge is 0.303 e. The average molecular weight is 1030 g/mol. The van der Waals surface area contributed by atoms with Gasteiger partial charge >= 0.3 is 5.97 Å². The number of allylic oxidation sites excluding steroid dienone is 8. The molecule has 0 bridgehead atoms. The summed E-state index contributed by atoms with van der Waals surface area (Å²) in [5.41, 5.74) is 10.7. The van der Waals surface area contributed by atoms with Crippen LogP contribution in [0.2, 0.25) is 0 Å². The van der Waals surface area contributed by atoms with Gasteiger partial charge in [-0.1, -0.05) is 99.2 Å². The number of carbonyl (C=O) groups is 2. The monoisotopic (exact) mass is 1030 g/mol. The predicted octanol–water partition coefficient (Wildman–Crippen LogP) is 11.9. The maximum Gasteiger partial charge on any atom is 0.303 e. The molecule has 73 heavy (non-hydrogen) atoms. The summed E-state index contributed by atoms with van der Waals surface area (Å²) < 4.78 is 68.4. The number of fused-ring (bicyclic) bond motifs is 6. The summed E-state index contributed by atoms with van der Waals surface area (Å²) >= 11 is 0. The van der Waals surface area contributed by atoms with Gasteiger partial charge in [-0.15, -0.1) is 0 Å². The zero-order valence-electron chi connectivity index (χ0n) is 42.4. The lowest BCUT2D eigenvalue weighted by atomic mass is 9.78. The number of benzene rings is 5. The van der Waals surface area contributed by atoms with E-state index in [9.17, 15) is 35.5 Å². The van der Waals surface area contributed by atoms with Gasteiger partial charge in [-0.2, -0.15) is 21.4 Å². The first kappa shape index (κ1) is 53.1. The molecule has 5 aromatic rings. The van der Waals surface area contributed by atoms with Crippen molar-refractivity contribution in [1.29, 1.82) is 0 Å². The first-order valence-corrected chi connectivity index (χ1v) is 28.8. The van der Waals surface area contributed by atoms with E-state index in [0.29, 0.717) is 70.1 Å². The van der Waals surface area contributed by atoms with Crippen LogP contribution in [0, 0.1) is 0 Å². The first-order chi connectivity index (χ1) is 34.7. The van der Waals surface area contributed by atoms with Crippen LogP contribution in [0.15, 0.2) is 138 Å². The van der Waals surface area contributed by atoms with Gasteiger partial charge in [0.15, 0.2) is 5.71 Å². The molecule has 0 atom stereocenters. The Bertz CT molecular complexity index is 3330. The van der Waals surface area contributed by atoms with Gasteiger partial charge in [0.1, 0.15) is 6.54 Å². The minimum Gasteiger partial charge on any atom is -0.481 e. The minimum atomic E-state index is -4.10. The second-order valence-corrected chi connectivity index (χ2v) is 23.8. The minimum absolute atomic E-state index is 0.108. The number of carboxylic acids is 1. The molecule has 4 N–H and O–H groups in total. The summed E-state index contributed by atoms with van der Waals surface area (Å²) in [7, 11) is -8.21. The molecule has 0 fully saturated rings. The molecule has 0 spiro atoms. The summed E-state index contributed by atoms with van der Waals surface area (Å²) in [5, 5.41) is 16.6. The molecular weight excluding hydrogens is 959 g/mol. The fourth-order valence-corrected chi connectivity index (χ4v) is 12.5. The van der Waals surface area contributed by atoms with Crippen LogP contribution < -0.4 is 10.2 Å². The Balaban J connectivity index is 1.22. The van der Waals surface area contributed by atoms with E-state index in [0.717, 1.165) is 85.9 Å². The van der Waals surface area contributed by atoms with Crippen molar-refractivity contribution in [3.63, 3.8) is 0 Å². The SMILES string of the molecule is CC1(C)C(/C=C/C2=C(c3ccc(C(=O)NCCCCCC(=O)O)cc3)C(=C/C=C3/N(CCCCS(=O)(=O)O)c4ccc5ccccc5c4C3(C)C)/CCC2)=[N+](CCCCS(=O)(=O)O)c2ccc3ccccc3c21. The van der Waals surface area contributed by atoms with Crippen LogP contribution in [0.3, 0.4) is 0 Å². The van der Waals surface area contributed by atoms with Gasteiger partial charge in [-0.05, 0) is 145 Å². The fourth-order valence-electron chi connectivity index (χ4n) is 11.3. The number of rotatable bonds is 21. The van der Waals surface area contributed by atoms with Gasteiger partial charge in [0, 0.05) is 66.0 Å². The van der Waals surface area contributed by atoms with Crippen molar-refractivity contribution in [2.45, 2.75) is 109 Å². The maximum atomic E-state index is 13.4. The van der Waals surface area contributed by atoms with E-state index in [1.807, 2.05) is 36.4 Å². The van der Waals surface area contributed by atoms with Crippen molar-refractivity contribution in [3.8, 4) is 0 Å². The lowest BCUT2D eigenvalue weighted by Crippen LogP contribution is -2.28. The third-order valence-electron chi connectivity index (χ3n) is 14.8. The van der Waals surface area contributed by atoms with E-state index in [4.69, 9.17) is 5.11 Å². The van der Waals surface area contributed by atoms with Crippen molar-refractivity contribution < 1.29 is 45.2 Å². The number of carboxylic acid groups (broad SMARTS) is 1. The molecule has 0 saturated carbocycles. The normalized spacial score (nSPS) is 17.6. The molecule has 3 aliphatic rings. The van der Waals surface area contributed by atoms with Crippen LogP contribution in [-0.2, 0) is 35.9 Å². The molecule has 8 rings (SSSR count). The van der Waals surface area contributed by atoms with E-state index in [1.165, 1.54) is 11.1 Å².